The second-order valence-corrected chi connectivity index (χ2v) is 3.71. The topological polar surface area (TPSA) is 81.7 Å². The van der Waals surface area contributed by atoms with Crippen molar-refractivity contribution in [2.24, 2.45) is 0 Å². The fraction of sp³-hybridized carbons (Fsp3) is 0.308. The van der Waals surface area contributed by atoms with Crippen molar-refractivity contribution < 1.29 is 23.9 Å². The molecule has 19 heavy (non-hydrogen) atoms. The lowest BCUT2D eigenvalue weighted by Gasteiger charge is -2.10. The third-order valence-corrected chi connectivity index (χ3v) is 2.05. The Morgan fingerprint density at radius 2 is 1.89 bits per heavy atom. The summed E-state index contributed by atoms with van der Waals surface area (Å²) < 4.78 is 9.79. The third kappa shape index (κ3) is 4.42. The van der Waals surface area contributed by atoms with E-state index in [1.54, 1.807) is 6.92 Å². The molecule has 0 bridgehead atoms. The summed E-state index contributed by atoms with van der Waals surface area (Å²) in [6.45, 7) is 4.45. The Balaban J connectivity index is 3.13. The van der Waals surface area contributed by atoms with Crippen LogP contribution in [0.2, 0.25) is 0 Å². The molecule has 1 N–H and O–H groups in total. The minimum absolute atomic E-state index is 0.0864. The largest absolute Gasteiger partial charge is 0.462 e. The van der Waals surface area contributed by atoms with E-state index in [9.17, 15) is 14.4 Å². The molecule has 0 heterocycles. The van der Waals surface area contributed by atoms with Crippen molar-refractivity contribution in [1.29, 1.82) is 0 Å². The van der Waals surface area contributed by atoms with Crippen LogP contribution in [0.5, 0.6) is 5.75 Å². The minimum atomic E-state index is -0.619. The summed E-state index contributed by atoms with van der Waals surface area (Å²) in [5.74, 6) is -1.33. The number of anilines is 1. The molecular weight excluding hydrogens is 250 g/mol. The van der Waals surface area contributed by atoms with Gasteiger partial charge in [0.2, 0.25) is 5.91 Å². The van der Waals surface area contributed by atoms with Crippen molar-refractivity contribution in [2.75, 3.05) is 11.9 Å². The van der Waals surface area contributed by atoms with Crippen LogP contribution in [0.3, 0.4) is 0 Å². The SMILES string of the molecule is CCOC(=O)c1cc(NC(C)=O)ccc1OC(C)=O. The maximum Gasteiger partial charge on any atom is 0.342 e. The summed E-state index contributed by atoms with van der Waals surface area (Å²) in [6.07, 6.45) is 0. The van der Waals surface area contributed by atoms with Crippen LogP contribution < -0.4 is 10.1 Å². The Morgan fingerprint density at radius 3 is 2.42 bits per heavy atom. The molecule has 1 aromatic rings. The van der Waals surface area contributed by atoms with Crippen molar-refractivity contribution in [3.05, 3.63) is 23.8 Å². The number of hydrogen-bond donors (Lipinski definition) is 1. The average Bonchev–Trinajstić information content (AvgIpc) is 2.30. The zero-order valence-electron chi connectivity index (χ0n) is 11.0. The van der Waals surface area contributed by atoms with Gasteiger partial charge in [0, 0.05) is 19.5 Å². The molecule has 6 nitrogen and oxygen atoms in total. The Morgan fingerprint density at radius 1 is 1.21 bits per heavy atom. The second kappa shape index (κ2) is 6.53. The van der Waals surface area contributed by atoms with Gasteiger partial charge in [-0.1, -0.05) is 0 Å². The maximum absolute atomic E-state index is 11.8. The van der Waals surface area contributed by atoms with E-state index < -0.39 is 11.9 Å². The van der Waals surface area contributed by atoms with Crippen LogP contribution in [-0.4, -0.2) is 24.5 Å². The zero-order valence-corrected chi connectivity index (χ0v) is 11.0. The highest BCUT2D eigenvalue weighted by molar-refractivity contribution is 5.96. The molecule has 0 saturated heterocycles. The summed E-state index contributed by atoms with van der Waals surface area (Å²) in [5.41, 5.74) is 0.509. The smallest absolute Gasteiger partial charge is 0.342 e. The first-order chi connectivity index (χ1) is 8.93. The molecule has 0 aliphatic carbocycles. The van der Waals surface area contributed by atoms with Gasteiger partial charge in [0.1, 0.15) is 11.3 Å². The van der Waals surface area contributed by atoms with E-state index in [0.29, 0.717) is 5.69 Å². The number of benzene rings is 1. The van der Waals surface area contributed by atoms with Crippen LogP contribution in [0.4, 0.5) is 5.69 Å². The molecule has 0 fully saturated rings. The summed E-state index contributed by atoms with van der Waals surface area (Å²) in [6, 6.07) is 4.36. The molecule has 0 aromatic heterocycles. The molecular formula is C13H15NO5. The standard InChI is InChI=1S/C13H15NO5/c1-4-18-13(17)11-7-10(14-8(2)15)5-6-12(11)19-9(3)16/h5-7H,4H2,1-3H3,(H,14,15). The van der Waals surface area contributed by atoms with Gasteiger partial charge in [0.25, 0.3) is 0 Å². The summed E-state index contributed by atoms with van der Waals surface area (Å²) in [4.78, 5) is 33.7. The van der Waals surface area contributed by atoms with Crippen LogP contribution >= 0.6 is 0 Å². The Bertz CT molecular complexity index is 510. The van der Waals surface area contributed by atoms with E-state index in [1.165, 1.54) is 32.0 Å². The summed E-state index contributed by atoms with van der Waals surface area (Å²) >= 11 is 0. The molecule has 0 saturated carbocycles. The van der Waals surface area contributed by atoms with Crippen LogP contribution in [-0.2, 0) is 14.3 Å². The van der Waals surface area contributed by atoms with Gasteiger partial charge in [-0.15, -0.1) is 0 Å². The third-order valence-electron chi connectivity index (χ3n) is 2.05. The molecule has 1 rings (SSSR count). The molecule has 0 atom stereocenters. The van der Waals surface area contributed by atoms with Crippen LogP contribution in [0.1, 0.15) is 31.1 Å². The number of carbonyl (C=O) groups excluding carboxylic acids is 3. The van der Waals surface area contributed by atoms with E-state index in [1.807, 2.05) is 0 Å². The van der Waals surface area contributed by atoms with Gasteiger partial charge in [-0.3, -0.25) is 9.59 Å². The molecule has 0 unspecified atom stereocenters. The number of rotatable bonds is 4. The number of hydrogen-bond acceptors (Lipinski definition) is 5. The Kier molecular flexibility index (Phi) is 5.05. The normalized spacial score (nSPS) is 9.63. The number of carbonyl (C=O) groups is 3. The molecule has 0 radical (unpaired) electrons. The first kappa shape index (κ1) is 14.7. The van der Waals surface area contributed by atoms with Crippen LogP contribution in [0.15, 0.2) is 18.2 Å². The van der Waals surface area contributed by atoms with Gasteiger partial charge in [-0.25, -0.2) is 4.79 Å². The molecule has 0 aliphatic rings. The van der Waals surface area contributed by atoms with Gasteiger partial charge >= 0.3 is 11.9 Å². The predicted molar refractivity (Wildman–Crippen MR) is 68.0 cm³/mol. The molecule has 1 aromatic carbocycles. The van der Waals surface area contributed by atoms with Crippen molar-refractivity contribution in [2.45, 2.75) is 20.8 Å². The van der Waals surface area contributed by atoms with Crippen molar-refractivity contribution in [3.8, 4) is 5.75 Å². The van der Waals surface area contributed by atoms with Crippen LogP contribution in [0, 0.1) is 0 Å². The molecule has 0 aliphatic heterocycles. The van der Waals surface area contributed by atoms with Crippen molar-refractivity contribution >= 4 is 23.5 Å². The van der Waals surface area contributed by atoms with E-state index in [-0.39, 0.29) is 23.8 Å². The highest BCUT2D eigenvalue weighted by Crippen LogP contribution is 2.24. The summed E-state index contributed by atoms with van der Waals surface area (Å²) in [7, 11) is 0. The fourth-order valence-corrected chi connectivity index (χ4v) is 1.42. The maximum atomic E-state index is 11.8. The highest BCUT2D eigenvalue weighted by Gasteiger charge is 2.16. The fourth-order valence-electron chi connectivity index (χ4n) is 1.42. The first-order valence-electron chi connectivity index (χ1n) is 5.71. The number of ether oxygens (including phenoxy) is 2. The molecule has 1 amide bonds. The second-order valence-electron chi connectivity index (χ2n) is 3.71. The molecule has 0 spiro atoms. The number of nitrogens with one attached hydrogen (secondary N) is 1. The lowest BCUT2D eigenvalue weighted by Crippen LogP contribution is -2.12. The van der Waals surface area contributed by atoms with E-state index >= 15 is 0 Å². The lowest BCUT2D eigenvalue weighted by atomic mass is 10.1. The molecule has 6 heteroatoms. The Labute approximate surface area is 110 Å². The van der Waals surface area contributed by atoms with E-state index in [0.717, 1.165) is 0 Å². The van der Waals surface area contributed by atoms with Gasteiger partial charge in [0.15, 0.2) is 0 Å². The van der Waals surface area contributed by atoms with Crippen molar-refractivity contribution in [1.82, 2.24) is 0 Å². The van der Waals surface area contributed by atoms with Gasteiger partial charge in [-0.05, 0) is 25.1 Å². The lowest BCUT2D eigenvalue weighted by molar-refractivity contribution is -0.131. The average molecular weight is 265 g/mol. The minimum Gasteiger partial charge on any atom is -0.462 e. The summed E-state index contributed by atoms with van der Waals surface area (Å²) in [5, 5.41) is 2.54. The van der Waals surface area contributed by atoms with Gasteiger partial charge in [-0.2, -0.15) is 0 Å². The Hall–Kier alpha value is -2.37. The number of esters is 2. The van der Waals surface area contributed by atoms with Crippen LogP contribution in [0.25, 0.3) is 0 Å². The monoisotopic (exact) mass is 265 g/mol. The van der Waals surface area contributed by atoms with Crippen molar-refractivity contribution in [3.63, 3.8) is 0 Å². The predicted octanol–water partition coefficient (Wildman–Crippen LogP) is 1.75. The van der Waals surface area contributed by atoms with E-state index in [4.69, 9.17) is 9.47 Å². The highest BCUT2D eigenvalue weighted by atomic mass is 16.5. The molecule has 102 valence electrons. The zero-order chi connectivity index (χ0) is 14.4. The van der Waals surface area contributed by atoms with E-state index in [2.05, 4.69) is 5.32 Å². The first-order valence-corrected chi connectivity index (χ1v) is 5.71. The quantitative estimate of drug-likeness (QED) is 0.662. The van der Waals surface area contributed by atoms with Gasteiger partial charge < -0.3 is 14.8 Å². The number of amides is 1. The van der Waals surface area contributed by atoms with Gasteiger partial charge in [0.05, 0.1) is 6.61 Å².